The van der Waals surface area contributed by atoms with Gasteiger partial charge >= 0.3 is 12.1 Å². The van der Waals surface area contributed by atoms with Crippen LogP contribution in [0.3, 0.4) is 0 Å². The van der Waals surface area contributed by atoms with Crippen LogP contribution in [0.25, 0.3) is 0 Å². The van der Waals surface area contributed by atoms with Gasteiger partial charge < -0.3 is 15.5 Å². The lowest BCUT2D eigenvalue weighted by atomic mass is 10.0. The molecule has 0 aromatic heterocycles. The summed E-state index contributed by atoms with van der Waals surface area (Å²) in [5.41, 5.74) is 1.32. The van der Waals surface area contributed by atoms with Crippen LogP contribution in [-0.4, -0.2) is 46.3 Å². The molecule has 1 unspecified atom stereocenters. The summed E-state index contributed by atoms with van der Waals surface area (Å²) in [7, 11) is 0. The van der Waals surface area contributed by atoms with Gasteiger partial charge in [0.25, 0.3) is 0 Å². The second-order valence-electron chi connectivity index (χ2n) is 4.06. The van der Waals surface area contributed by atoms with E-state index < -0.39 is 18.1 Å². The molecule has 1 atom stereocenters. The van der Waals surface area contributed by atoms with Crippen LogP contribution in [0, 0.1) is 0 Å². The molecule has 2 heterocycles. The molecule has 0 bridgehead atoms. The van der Waals surface area contributed by atoms with Gasteiger partial charge in [-0.05, 0) is 24.6 Å². The third kappa shape index (κ3) is 2.28. The van der Waals surface area contributed by atoms with E-state index in [4.69, 9.17) is 5.11 Å². The molecular weight excluding hydrogens is 236 g/mol. The van der Waals surface area contributed by atoms with Gasteiger partial charge in [-0.3, -0.25) is 4.90 Å². The first-order valence-electron chi connectivity index (χ1n) is 5.65. The monoisotopic (exact) mass is 250 g/mol. The summed E-state index contributed by atoms with van der Waals surface area (Å²) in [6.45, 7) is 1.43. The minimum atomic E-state index is -1.25. The van der Waals surface area contributed by atoms with Gasteiger partial charge in [-0.25, -0.2) is 9.59 Å². The molecule has 18 heavy (non-hydrogen) atoms. The maximum atomic E-state index is 11.3. The molecule has 0 saturated carbocycles. The Labute approximate surface area is 104 Å². The number of carboxylic acid groups (broad SMARTS) is 2. The van der Waals surface area contributed by atoms with Crippen LogP contribution in [0.2, 0.25) is 0 Å². The quantitative estimate of drug-likeness (QED) is 0.674. The molecular formula is C12H14N2O4. The summed E-state index contributed by atoms with van der Waals surface area (Å²) in [6, 6.07) is -1.15. The Morgan fingerprint density at radius 2 is 2.17 bits per heavy atom. The van der Waals surface area contributed by atoms with Crippen LogP contribution in [-0.2, 0) is 4.79 Å². The van der Waals surface area contributed by atoms with Crippen LogP contribution in [0.1, 0.15) is 6.42 Å². The van der Waals surface area contributed by atoms with Crippen molar-refractivity contribution in [2.24, 2.45) is 0 Å². The van der Waals surface area contributed by atoms with E-state index in [0.29, 0.717) is 18.7 Å². The van der Waals surface area contributed by atoms with Crippen LogP contribution in [0.15, 0.2) is 35.6 Å². The molecule has 0 radical (unpaired) electrons. The zero-order valence-electron chi connectivity index (χ0n) is 9.67. The molecule has 0 spiro atoms. The Hall–Kier alpha value is -2.08. The molecule has 0 aromatic carbocycles. The van der Waals surface area contributed by atoms with Gasteiger partial charge in [0.1, 0.15) is 0 Å². The first-order valence-corrected chi connectivity index (χ1v) is 5.65. The fraction of sp³-hybridized carbons (Fsp3) is 0.333. The maximum Gasteiger partial charge on any atom is 0.412 e. The molecule has 1 amide bonds. The zero-order valence-corrected chi connectivity index (χ0v) is 9.67. The van der Waals surface area contributed by atoms with Crippen molar-refractivity contribution in [2.45, 2.75) is 12.5 Å². The van der Waals surface area contributed by atoms with E-state index in [-0.39, 0.29) is 0 Å². The van der Waals surface area contributed by atoms with E-state index in [1.165, 1.54) is 6.08 Å². The van der Waals surface area contributed by atoms with Gasteiger partial charge in [0, 0.05) is 6.54 Å². The number of nitrogens with one attached hydrogen (secondary N) is 1. The van der Waals surface area contributed by atoms with Crippen molar-refractivity contribution in [3.63, 3.8) is 0 Å². The Bertz CT molecular complexity index is 465. The lowest BCUT2D eigenvalue weighted by Gasteiger charge is -2.31. The maximum absolute atomic E-state index is 11.3. The van der Waals surface area contributed by atoms with Gasteiger partial charge in [0.05, 0.1) is 5.70 Å². The van der Waals surface area contributed by atoms with Gasteiger partial charge in [0.2, 0.25) is 0 Å². The van der Waals surface area contributed by atoms with Crippen molar-refractivity contribution in [1.29, 1.82) is 0 Å². The Balaban J connectivity index is 2.35. The smallest absolute Gasteiger partial charge is 0.412 e. The fourth-order valence-electron chi connectivity index (χ4n) is 2.10. The van der Waals surface area contributed by atoms with Crippen molar-refractivity contribution in [3.8, 4) is 0 Å². The topological polar surface area (TPSA) is 89.9 Å². The standard InChI is InChI=1S/C12H14N2O4/c15-11(16)10-3-1-2-9(14(10)12(17)18)8-4-6-13-7-5-8/h1-4,10,13H,5-7H2,(H,15,16)(H,17,18). The predicted octanol–water partition coefficient (Wildman–Crippen LogP) is 0.793. The number of allylic oxidation sites excluding steroid dienone is 3. The molecule has 0 aliphatic carbocycles. The molecule has 96 valence electrons. The van der Waals surface area contributed by atoms with E-state index in [2.05, 4.69) is 5.32 Å². The third-order valence-electron chi connectivity index (χ3n) is 2.94. The Kier molecular flexibility index (Phi) is 3.47. The van der Waals surface area contributed by atoms with Crippen LogP contribution >= 0.6 is 0 Å². The number of hydrogen-bond donors (Lipinski definition) is 3. The molecule has 0 aromatic rings. The molecule has 2 aliphatic heterocycles. The van der Waals surface area contributed by atoms with Gasteiger partial charge in [-0.15, -0.1) is 0 Å². The molecule has 0 saturated heterocycles. The van der Waals surface area contributed by atoms with E-state index in [1.807, 2.05) is 6.08 Å². The molecule has 2 aliphatic rings. The number of hydrogen-bond acceptors (Lipinski definition) is 3. The van der Waals surface area contributed by atoms with E-state index in [9.17, 15) is 14.7 Å². The summed E-state index contributed by atoms with van der Waals surface area (Å²) in [4.78, 5) is 23.3. The number of nitrogens with zero attached hydrogens (tertiary/aromatic N) is 1. The highest BCUT2D eigenvalue weighted by atomic mass is 16.4. The zero-order chi connectivity index (χ0) is 13.1. The fourth-order valence-corrected chi connectivity index (χ4v) is 2.10. The van der Waals surface area contributed by atoms with Crippen molar-refractivity contribution in [3.05, 3.63) is 35.6 Å². The molecule has 2 rings (SSSR count). The first-order chi connectivity index (χ1) is 8.61. The summed E-state index contributed by atoms with van der Waals surface area (Å²) >= 11 is 0. The lowest BCUT2D eigenvalue weighted by molar-refractivity contribution is -0.140. The van der Waals surface area contributed by atoms with E-state index >= 15 is 0 Å². The van der Waals surface area contributed by atoms with Gasteiger partial charge in [0.15, 0.2) is 6.04 Å². The third-order valence-corrected chi connectivity index (χ3v) is 2.94. The number of carboxylic acids is 1. The molecule has 6 nitrogen and oxygen atoms in total. The first kappa shape index (κ1) is 12.4. The Morgan fingerprint density at radius 1 is 1.39 bits per heavy atom. The minimum absolute atomic E-state index is 0.457. The highest BCUT2D eigenvalue weighted by Crippen LogP contribution is 2.26. The summed E-state index contributed by atoms with van der Waals surface area (Å²) < 4.78 is 0. The van der Waals surface area contributed by atoms with E-state index in [0.717, 1.165) is 17.0 Å². The lowest BCUT2D eigenvalue weighted by Crippen LogP contribution is -2.44. The van der Waals surface area contributed by atoms with Gasteiger partial charge in [-0.1, -0.05) is 18.2 Å². The normalized spacial score (nSPS) is 23.3. The van der Waals surface area contributed by atoms with Crippen molar-refractivity contribution in [2.75, 3.05) is 13.1 Å². The second-order valence-corrected chi connectivity index (χ2v) is 4.06. The van der Waals surface area contributed by atoms with Crippen molar-refractivity contribution < 1.29 is 19.8 Å². The van der Waals surface area contributed by atoms with Gasteiger partial charge in [-0.2, -0.15) is 0 Å². The summed E-state index contributed by atoms with van der Waals surface area (Å²) in [6.07, 6.45) is 5.93. The number of carbonyl (C=O) groups is 2. The molecule has 6 heteroatoms. The van der Waals surface area contributed by atoms with Crippen molar-refractivity contribution in [1.82, 2.24) is 10.2 Å². The van der Waals surface area contributed by atoms with Crippen LogP contribution in [0.4, 0.5) is 4.79 Å². The SMILES string of the molecule is O=C(O)C1C=CC=C(C2=CCNCC2)N1C(=O)O. The largest absolute Gasteiger partial charge is 0.479 e. The summed E-state index contributed by atoms with van der Waals surface area (Å²) in [5.74, 6) is -1.17. The van der Waals surface area contributed by atoms with Crippen molar-refractivity contribution >= 4 is 12.1 Å². The highest BCUT2D eigenvalue weighted by Gasteiger charge is 2.33. The Morgan fingerprint density at radius 3 is 2.72 bits per heavy atom. The number of amides is 1. The summed E-state index contributed by atoms with van der Waals surface area (Å²) in [5, 5.41) is 21.4. The second kappa shape index (κ2) is 5.05. The highest BCUT2D eigenvalue weighted by molar-refractivity contribution is 5.84. The predicted molar refractivity (Wildman–Crippen MR) is 64.1 cm³/mol. The van der Waals surface area contributed by atoms with E-state index in [1.54, 1.807) is 12.2 Å². The average molecular weight is 250 g/mol. The number of aliphatic carboxylic acids is 1. The number of rotatable bonds is 2. The average Bonchev–Trinajstić information content (AvgIpc) is 2.38. The molecule has 0 fully saturated rings. The minimum Gasteiger partial charge on any atom is -0.479 e. The van der Waals surface area contributed by atoms with Crippen LogP contribution < -0.4 is 5.32 Å². The van der Waals surface area contributed by atoms with Crippen LogP contribution in [0.5, 0.6) is 0 Å². The molecule has 3 N–H and O–H groups in total.